The lowest BCUT2D eigenvalue weighted by Crippen LogP contribution is -2.17. The van der Waals surface area contributed by atoms with Crippen LogP contribution in [0.3, 0.4) is 0 Å². The number of para-hydroxylation sites is 1. The minimum absolute atomic E-state index is 0.321. The summed E-state index contributed by atoms with van der Waals surface area (Å²) in [5.41, 5.74) is 5.28. The third-order valence-corrected chi connectivity index (χ3v) is 6.57. The number of ether oxygens (including phenoxy) is 3. The SMILES string of the molecule is COc1cc(C2Nc3ccccc3-c3nnc(SCc4ccc(C)cc4)nc3O2)ccc1OCC(=O)O. The molecule has 5 rings (SSSR count). The van der Waals surface area contributed by atoms with Gasteiger partial charge in [0.05, 0.1) is 7.11 Å². The van der Waals surface area contributed by atoms with Gasteiger partial charge in [-0.25, -0.2) is 4.79 Å². The van der Waals surface area contributed by atoms with Crippen LogP contribution < -0.4 is 19.5 Å². The lowest BCUT2D eigenvalue weighted by molar-refractivity contribution is -0.139. The van der Waals surface area contributed by atoms with Gasteiger partial charge in [0.25, 0.3) is 0 Å². The number of carboxylic acid groups (broad SMARTS) is 1. The molecule has 0 aliphatic carbocycles. The first-order valence-electron chi connectivity index (χ1n) is 11.5. The van der Waals surface area contributed by atoms with Crippen molar-refractivity contribution in [1.29, 1.82) is 0 Å². The zero-order chi connectivity index (χ0) is 25.8. The van der Waals surface area contributed by atoms with Crippen molar-refractivity contribution in [3.8, 4) is 28.6 Å². The molecule has 10 heteroatoms. The Hall–Kier alpha value is -4.31. The Balaban J connectivity index is 1.45. The van der Waals surface area contributed by atoms with Gasteiger partial charge in [0.1, 0.15) is 0 Å². The first-order valence-corrected chi connectivity index (χ1v) is 12.5. The van der Waals surface area contributed by atoms with Crippen molar-refractivity contribution in [2.24, 2.45) is 0 Å². The number of benzene rings is 3. The highest BCUT2D eigenvalue weighted by Gasteiger charge is 2.27. The number of carboxylic acids is 1. The molecular weight excluding hydrogens is 492 g/mol. The van der Waals surface area contributed by atoms with Crippen LogP contribution in [0, 0.1) is 6.92 Å². The molecule has 188 valence electrons. The second kappa shape index (κ2) is 10.8. The van der Waals surface area contributed by atoms with Crippen molar-refractivity contribution in [3.63, 3.8) is 0 Å². The van der Waals surface area contributed by atoms with Gasteiger partial charge in [-0.15, -0.1) is 10.2 Å². The maximum atomic E-state index is 10.9. The largest absolute Gasteiger partial charge is 0.493 e. The van der Waals surface area contributed by atoms with E-state index in [0.717, 1.165) is 22.4 Å². The quantitative estimate of drug-likeness (QED) is 0.306. The first-order chi connectivity index (χ1) is 18.0. The normalized spacial score (nSPS) is 13.8. The minimum Gasteiger partial charge on any atom is -0.493 e. The Kier molecular flexibility index (Phi) is 7.09. The van der Waals surface area contributed by atoms with Gasteiger partial charge in [-0.1, -0.05) is 59.8 Å². The van der Waals surface area contributed by atoms with E-state index in [-0.39, 0.29) is 0 Å². The number of thioether (sulfide) groups is 1. The predicted molar refractivity (Wildman–Crippen MR) is 139 cm³/mol. The van der Waals surface area contributed by atoms with Crippen LogP contribution in [0.4, 0.5) is 5.69 Å². The Morgan fingerprint density at radius 3 is 2.68 bits per heavy atom. The maximum absolute atomic E-state index is 10.9. The number of carbonyl (C=O) groups is 1. The van der Waals surface area contributed by atoms with Crippen LogP contribution in [-0.4, -0.2) is 40.0 Å². The monoisotopic (exact) mass is 516 g/mol. The highest BCUT2D eigenvalue weighted by atomic mass is 32.2. The summed E-state index contributed by atoms with van der Waals surface area (Å²) in [6, 6.07) is 21.2. The lowest BCUT2D eigenvalue weighted by atomic mass is 10.1. The average molecular weight is 517 g/mol. The van der Waals surface area contributed by atoms with Crippen LogP contribution in [0.2, 0.25) is 0 Å². The third kappa shape index (κ3) is 5.59. The molecule has 4 aromatic rings. The molecule has 3 aromatic carbocycles. The van der Waals surface area contributed by atoms with E-state index in [1.807, 2.05) is 24.3 Å². The molecule has 0 saturated heterocycles. The zero-order valence-corrected chi connectivity index (χ0v) is 21.0. The molecule has 1 aromatic heterocycles. The summed E-state index contributed by atoms with van der Waals surface area (Å²) < 4.78 is 17.1. The fourth-order valence-electron chi connectivity index (χ4n) is 3.80. The maximum Gasteiger partial charge on any atom is 0.341 e. The molecule has 1 aliphatic rings. The smallest absolute Gasteiger partial charge is 0.341 e. The van der Waals surface area contributed by atoms with Gasteiger partial charge < -0.3 is 24.6 Å². The van der Waals surface area contributed by atoms with Crippen LogP contribution in [-0.2, 0) is 10.5 Å². The van der Waals surface area contributed by atoms with E-state index in [0.29, 0.717) is 34.0 Å². The van der Waals surface area contributed by atoms with Crippen LogP contribution in [0.5, 0.6) is 17.4 Å². The molecule has 0 spiro atoms. The van der Waals surface area contributed by atoms with E-state index < -0.39 is 18.8 Å². The molecule has 1 unspecified atom stereocenters. The van der Waals surface area contributed by atoms with Crippen LogP contribution in [0.25, 0.3) is 11.3 Å². The Bertz CT molecular complexity index is 1430. The lowest BCUT2D eigenvalue weighted by Gasteiger charge is -2.20. The summed E-state index contributed by atoms with van der Waals surface area (Å²) >= 11 is 1.48. The Labute approximate surface area is 217 Å². The Morgan fingerprint density at radius 2 is 1.89 bits per heavy atom. The molecule has 2 heterocycles. The molecule has 1 aliphatic heterocycles. The number of fused-ring (bicyclic) bond motifs is 3. The van der Waals surface area contributed by atoms with Gasteiger partial charge in [-0.3, -0.25) is 0 Å². The summed E-state index contributed by atoms with van der Waals surface area (Å²) in [6.45, 7) is 1.59. The molecule has 0 amide bonds. The van der Waals surface area contributed by atoms with Crippen molar-refractivity contribution in [1.82, 2.24) is 15.2 Å². The molecule has 0 fully saturated rings. The second-order valence-corrected chi connectivity index (χ2v) is 9.25. The Morgan fingerprint density at radius 1 is 1.08 bits per heavy atom. The fraction of sp³-hybridized carbons (Fsp3) is 0.185. The van der Waals surface area contributed by atoms with Crippen molar-refractivity contribution in [2.45, 2.75) is 24.1 Å². The standard InChI is InChI=1S/C27H24N4O5S/c1-16-7-9-17(10-8-16)15-37-27-29-26-24(30-31-27)19-5-3-4-6-20(19)28-25(36-26)18-11-12-21(22(13-18)34-2)35-14-23(32)33/h3-13,25,28H,14-15H2,1-2H3,(H,32,33). The first kappa shape index (κ1) is 24.4. The molecule has 0 saturated carbocycles. The molecule has 0 bridgehead atoms. The number of anilines is 1. The summed E-state index contributed by atoms with van der Waals surface area (Å²) in [5, 5.41) is 21.7. The van der Waals surface area contributed by atoms with Crippen molar-refractivity contribution in [3.05, 3.63) is 83.4 Å². The fourth-order valence-corrected chi connectivity index (χ4v) is 4.53. The third-order valence-electron chi connectivity index (χ3n) is 5.66. The van der Waals surface area contributed by atoms with E-state index in [2.05, 4.69) is 46.7 Å². The molecule has 0 radical (unpaired) electrons. The van der Waals surface area contributed by atoms with Crippen molar-refractivity contribution >= 4 is 23.4 Å². The van der Waals surface area contributed by atoms with Crippen molar-refractivity contribution < 1.29 is 24.1 Å². The second-order valence-electron chi connectivity index (χ2n) is 8.30. The van der Waals surface area contributed by atoms with Crippen LogP contribution >= 0.6 is 11.8 Å². The van der Waals surface area contributed by atoms with Gasteiger partial charge in [-0.2, -0.15) is 4.98 Å². The predicted octanol–water partition coefficient (Wildman–Crippen LogP) is 5.11. The number of nitrogens with zero attached hydrogens (tertiary/aromatic N) is 3. The molecule has 9 nitrogen and oxygen atoms in total. The number of aromatic nitrogens is 3. The highest BCUT2D eigenvalue weighted by molar-refractivity contribution is 7.98. The summed E-state index contributed by atoms with van der Waals surface area (Å²) in [5.74, 6) is 0.692. The number of hydrogen-bond donors (Lipinski definition) is 2. The number of nitrogens with one attached hydrogen (secondary N) is 1. The number of aliphatic carboxylic acids is 1. The minimum atomic E-state index is -1.07. The summed E-state index contributed by atoms with van der Waals surface area (Å²) in [6.07, 6.45) is -0.628. The number of rotatable bonds is 8. The van der Waals surface area contributed by atoms with Gasteiger partial charge >= 0.3 is 5.97 Å². The topological polar surface area (TPSA) is 116 Å². The molecule has 1 atom stereocenters. The number of hydrogen-bond acceptors (Lipinski definition) is 9. The van der Waals surface area contributed by atoms with E-state index in [9.17, 15) is 4.79 Å². The number of aryl methyl sites for hydroxylation is 1. The van der Waals surface area contributed by atoms with Gasteiger partial charge in [-0.05, 0) is 36.8 Å². The number of methoxy groups -OCH3 is 1. The zero-order valence-electron chi connectivity index (χ0n) is 20.2. The average Bonchev–Trinajstić information content (AvgIpc) is 3.08. The summed E-state index contributed by atoms with van der Waals surface area (Å²) in [7, 11) is 1.49. The summed E-state index contributed by atoms with van der Waals surface area (Å²) in [4.78, 5) is 15.6. The van der Waals surface area contributed by atoms with Gasteiger partial charge in [0, 0.05) is 22.6 Å². The van der Waals surface area contributed by atoms with E-state index >= 15 is 0 Å². The van der Waals surface area contributed by atoms with E-state index in [4.69, 9.17) is 24.3 Å². The molecule has 2 N–H and O–H groups in total. The van der Waals surface area contributed by atoms with E-state index in [1.54, 1.807) is 18.2 Å². The van der Waals surface area contributed by atoms with Gasteiger partial charge in [0.2, 0.25) is 11.0 Å². The van der Waals surface area contributed by atoms with E-state index in [1.165, 1.54) is 24.4 Å². The molecular formula is C27H24N4O5S. The highest BCUT2D eigenvalue weighted by Crippen LogP contribution is 2.41. The molecule has 37 heavy (non-hydrogen) atoms. The van der Waals surface area contributed by atoms with Gasteiger partial charge in [0.15, 0.2) is 30.0 Å². The van der Waals surface area contributed by atoms with Crippen LogP contribution in [0.15, 0.2) is 71.9 Å². The van der Waals surface area contributed by atoms with Crippen LogP contribution in [0.1, 0.15) is 22.9 Å². The van der Waals surface area contributed by atoms with Crippen molar-refractivity contribution in [2.75, 3.05) is 19.0 Å².